The Morgan fingerprint density at radius 1 is 1.03 bits per heavy atom. The molecule has 0 aliphatic heterocycles. The van der Waals surface area contributed by atoms with Crippen LogP contribution in [0.15, 0.2) is 52.1 Å². The average molecular weight is 427 g/mol. The molecule has 2 N–H and O–H groups in total. The van der Waals surface area contributed by atoms with Gasteiger partial charge in [0.05, 0.1) is 19.4 Å². The van der Waals surface area contributed by atoms with Crippen LogP contribution < -0.4 is 10.6 Å². The van der Waals surface area contributed by atoms with Crippen molar-refractivity contribution in [1.29, 1.82) is 0 Å². The number of hydrogen-bond donors (Lipinski definition) is 2. The fourth-order valence-electron chi connectivity index (χ4n) is 2.49. The third-order valence-corrected chi connectivity index (χ3v) is 3.90. The predicted molar refractivity (Wildman–Crippen MR) is 108 cm³/mol. The molecule has 0 aliphatic carbocycles. The van der Waals surface area contributed by atoms with E-state index in [0.717, 1.165) is 24.3 Å². The van der Waals surface area contributed by atoms with Crippen molar-refractivity contribution in [3.05, 3.63) is 59.5 Å². The zero-order valence-corrected chi connectivity index (χ0v) is 17.0. The quantitative estimate of drug-likeness (QED) is 0.304. The number of alkyl halides is 3. The molecule has 0 amide bonds. The van der Waals surface area contributed by atoms with Crippen molar-refractivity contribution in [2.45, 2.75) is 39.3 Å². The highest BCUT2D eigenvalue weighted by molar-refractivity contribution is 5.79. The van der Waals surface area contributed by atoms with Gasteiger partial charge in [-0.2, -0.15) is 13.2 Å². The Hall–Kier alpha value is -2.52. The summed E-state index contributed by atoms with van der Waals surface area (Å²) < 4.78 is 51.7. The van der Waals surface area contributed by atoms with Gasteiger partial charge in [0.1, 0.15) is 19.0 Å². The number of halogens is 3. The third-order valence-electron chi connectivity index (χ3n) is 3.90. The van der Waals surface area contributed by atoms with Crippen LogP contribution in [-0.4, -0.2) is 38.4 Å². The topological polar surface area (TPSA) is 68.0 Å². The molecule has 0 radical (unpaired) electrons. The summed E-state index contributed by atoms with van der Waals surface area (Å²) in [6.07, 6.45) is -1.87. The van der Waals surface area contributed by atoms with E-state index in [9.17, 15) is 13.2 Å². The summed E-state index contributed by atoms with van der Waals surface area (Å²) in [5, 5.41) is 6.42. The van der Waals surface area contributed by atoms with Crippen LogP contribution in [-0.2, 0) is 29.2 Å². The van der Waals surface area contributed by atoms with Gasteiger partial charge in [0.15, 0.2) is 5.96 Å². The van der Waals surface area contributed by atoms with Gasteiger partial charge in [-0.05, 0) is 36.6 Å². The van der Waals surface area contributed by atoms with Gasteiger partial charge in [0.2, 0.25) is 0 Å². The van der Waals surface area contributed by atoms with E-state index in [-0.39, 0.29) is 6.61 Å². The fraction of sp³-hybridized carbons (Fsp3) is 0.476. The molecule has 1 aromatic heterocycles. The molecule has 0 unspecified atom stereocenters. The number of nitrogens with zero attached hydrogens (tertiary/aromatic N) is 1. The number of rotatable bonds is 12. The summed E-state index contributed by atoms with van der Waals surface area (Å²) in [4.78, 5) is 4.52. The Morgan fingerprint density at radius 2 is 1.80 bits per heavy atom. The lowest BCUT2D eigenvalue weighted by Crippen LogP contribution is -2.38. The maximum absolute atomic E-state index is 12.1. The molecular formula is C21H28F3N3O3. The molecular weight excluding hydrogens is 399 g/mol. The third kappa shape index (κ3) is 10.3. The van der Waals surface area contributed by atoms with Gasteiger partial charge < -0.3 is 24.5 Å². The van der Waals surface area contributed by atoms with E-state index in [0.29, 0.717) is 37.8 Å². The van der Waals surface area contributed by atoms with Crippen LogP contribution >= 0.6 is 0 Å². The molecule has 0 saturated heterocycles. The number of guanidine groups is 1. The maximum Gasteiger partial charge on any atom is 0.411 e. The first-order valence-electron chi connectivity index (χ1n) is 9.81. The standard InChI is InChI=1S/C21H28F3N3O3/c1-2-25-20(26-10-4-11-28-15-19-5-3-12-30-19)27-13-17-6-8-18(9-7-17)14-29-16-21(22,23)24/h3,5-9,12H,2,4,10-11,13-16H2,1H3,(H2,25,26,27). The van der Waals surface area contributed by atoms with Gasteiger partial charge in [-0.3, -0.25) is 0 Å². The van der Waals surface area contributed by atoms with E-state index in [4.69, 9.17) is 9.15 Å². The molecule has 2 aromatic rings. The van der Waals surface area contributed by atoms with Crippen molar-refractivity contribution in [3.63, 3.8) is 0 Å². The zero-order chi connectivity index (χ0) is 21.7. The first-order chi connectivity index (χ1) is 14.5. The van der Waals surface area contributed by atoms with E-state index in [1.807, 2.05) is 31.2 Å². The van der Waals surface area contributed by atoms with E-state index in [1.54, 1.807) is 18.4 Å². The first-order valence-corrected chi connectivity index (χ1v) is 9.81. The molecule has 30 heavy (non-hydrogen) atoms. The summed E-state index contributed by atoms with van der Waals surface area (Å²) in [5.41, 5.74) is 1.64. The van der Waals surface area contributed by atoms with Gasteiger partial charge in [-0.1, -0.05) is 24.3 Å². The van der Waals surface area contributed by atoms with Crippen molar-refractivity contribution in [3.8, 4) is 0 Å². The molecule has 166 valence electrons. The van der Waals surface area contributed by atoms with E-state index in [2.05, 4.69) is 20.4 Å². The van der Waals surface area contributed by atoms with Gasteiger partial charge in [0.25, 0.3) is 0 Å². The molecule has 0 aliphatic rings. The second-order valence-electron chi connectivity index (χ2n) is 6.53. The summed E-state index contributed by atoms with van der Waals surface area (Å²) in [5.74, 6) is 1.50. The lowest BCUT2D eigenvalue weighted by molar-refractivity contribution is -0.176. The molecule has 0 saturated carbocycles. The predicted octanol–water partition coefficient (Wildman–Crippen LogP) is 4.02. The molecule has 0 atom stereocenters. The lowest BCUT2D eigenvalue weighted by atomic mass is 10.1. The Kier molecular flexibility index (Phi) is 10.2. The summed E-state index contributed by atoms with van der Waals surface area (Å²) in [6, 6.07) is 10.9. The average Bonchev–Trinajstić information content (AvgIpc) is 3.22. The molecule has 0 bridgehead atoms. The van der Waals surface area contributed by atoms with E-state index >= 15 is 0 Å². The molecule has 9 heteroatoms. The number of furan rings is 1. The van der Waals surface area contributed by atoms with Crippen LogP contribution in [0, 0.1) is 0 Å². The van der Waals surface area contributed by atoms with Crippen LogP contribution in [0.5, 0.6) is 0 Å². The molecule has 0 spiro atoms. The summed E-state index contributed by atoms with van der Waals surface area (Å²) in [7, 11) is 0. The molecule has 0 fully saturated rings. The second kappa shape index (κ2) is 12.9. The van der Waals surface area contributed by atoms with Crippen molar-refractivity contribution < 1.29 is 27.1 Å². The monoisotopic (exact) mass is 427 g/mol. The molecule has 2 rings (SSSR count). The maximum atomic E-state index is 12.1. The number of hydrogen-bond acceptors (Lipinski definition) is 4. The Labute approximate surface area is 174 Å². The number of nitrogens with one attached hydrogen (secondary N) is 2. The molecule has 6 nitrogen and oxygen atoms in total. The summed E-state index contributed by atoms with van der Waals surface area (Å²) in [6.45, 7) is 3.62. The Balaban J connectivity index is 1.68. The van der Waals surface area contributed by atoms with E-state index < -0.39 is 12.8 Å². The molecule has 1 heterocycles. The van der Waals surface area contributed by atoms with Gasteiger partial charge in [-0.15, -0.1) is 0 Å². The van der Waals surface area contributed by atoms with Crippen molar-refractivity contribution in [2.75, 3.05) is 26.3 Å². The van der Waals surface area contributed by atoms with Gasteiger partial charge in [0, 0.05) is 19.7 Å². The van der Waals surface area contributed by atoms with Crippen molar-refractivity contribution in [1.82, 2.24) is 10.6 Å². The minimum Gasteiger partial charge on any atom is -0.467 e. The minimum absolute atomic E-state index is 0.0742. The van der Waals surface area contributed by atoms with Crippen LogP contribution in [0.4, 0.5) is 13.2 Å². The highest BCUT2D eigenvalue weighted by Crippen LogP contribution is 2.16. The van der Waals surface area contributed by atoms with E-state index in [1.165, 1.54) is 0 Å². The lowest BCUT2D eigenvalue weighted by Gasteiger charge is -2.11. The normalized spacial score (nSPS) is 12.2. The van der Waals surface area contributed by atoms with Crippen LogP contribution in [0.2, 0.25) is 0 Å². The minimum atomic E-state index is -4.31. The number of benzene rings is 1. The Morgan fingerprint density at radius 3 is 2.47 bits per heavy atom. The highest BCUT2D eigenvalue weighted by atomic mass is 19.4. The molecule has 1 aromatic carbocycles. The van der Waals surface area contributed by atoms with Crippen LogP contribution in [0.3, 0.4) is 0 Å². The number of ether oxygens (including phenoxy) is 2. The highest BCUT2D eigenvalue weighted by Gasteiger charge is 2.27. The first kappa shape index (κ1) is 23.8. The Bertz CT molecular complexity index is 732. The van der Waals surface area contributed by atoms with Crippen molar-refractivity contribution in [2.24, 2.45) is 4.99 Å². The second-order valence-corrected chi connectivity index (χ2v) is 6.53. The summed E-state index contributed by atoms with van der Waals surface area (Å²) >= 11 is 0. The number of aliphatic imine (C=N–C) groups is 1. The largest absolute Gasteiger partial charge is 0.467 e. The SMILES string of the molecule is CCNC(=NCc1ccc(COCC(F)(F)F)cc1)NCCCOCc1ccco1. The fourth-order valence-corrected chi connectivity index (χ4v) is 2.49. The van der Waals surface area contributed by atoms with Crippen LogP contribution in [0.1, 0.15) is 30.2 Å². The zero-order valence-electron chi connectivity index (χ0n) is 17.0. The van der Waals surface area contributed by atoms with Crippen molar-refractivity contribution >= 4 is 5.96 Å². The van der Waals surface area contributed by atoms with Gasteiger partial charge >= 0.3 is 6.18 Å². The smallest absolute Gasteiger partial charge is 0.411 e. The van der Waals surface area contributed by atoms with Crippen LogP contribution in [0.25, 0.3) is 0 Å². The van der Waals surface area contributed by atoms with Gasteiger partial charge in [-0.25, -0.2) is 4.99 Å².